The van der Waals surface area contributed by atoms with Crippen LogP contribution in [0.25, 0.3) is 11.1 Å². The lowest BCUT2D eigenvalue weighted by molar-refractivity contribution is 0.0546. The summed E-state index contributed by atoms with van der Waals surface area (Å²) in [6.45, 7) is 3.79. The minimum atomic E-state index is -0.256. The molecule has 1 aromatic heterocycles. The van der Waals surface area contributed by atoms with Gasteiger partial charge in [0.2, 0.25) is 0 Å². The predicted octanol–water partition coefficient (Wildman–Crippen LogP) is 5.10. The molecule has 0 radical (unpaired) electrons. The molecule has 29 heavy (non-hydrogen) atoms. The van der Waals surface area contributed by atoms with E-state index < -0.39 is 0 Å². The minimum Gasteiger partial charge on any atom is -0.456 e. The zero-order chi connectivity index (χ0) is 20.0. The van der Waals surface area contributed by atoms with Gasteiger partial charge in [-0.2, -0.15) is 0 Å². The summed E-state index contributed by atoms with van der Waals surface area (Å²) in [5, 5.41) is 0. The summed E-state index contributed by atoms with van der Waals surface area (Å²) in [6, 6.07) is 16.2. The van der Waals surface area contributed by atoms with Crippen LogP contribution in [0.15, 0.2) is 59.0 Å². The second kappa shape index (κ2) is 6.85. The lowest BCUT2D eigenvalue weighted by atomic mass is 9.75. The Morgan fingerprint density at radius 3 is 2.55 bits per heavy atom. The van der Waals surface area contributed by atoms with E-state index in [-0.39, 0.29) is 17.1 Å². The van der Waals surface area contributed by atoms with Crippen molar-refractivity contribution in [2.75, 3.05) is 24.7 Å². The molecular formula is C24H22FNO3. The van der Waals surface area contributed by atoms with Gasteiger partial charge in [-0.3, -0.25) is 4.79 Å². The number of halogens is 1. The normalized spacial score (nSPS) is 17.5. The van der Waals surface area contributed by atoms with Crippen LogP contribution in [0, 0.1) is 12.7 Å². The highest BCUT2D eigenvalue weighted by Crippen LogP contribution is 2.48. The van der Waals surface area contributed by atoms with Gasteiger partial charge in [-0.25, -0.2) is 4.39 Å². The first-order valence-corrected chi connectivity index (χ1v) is 9.92. The summed E-state index contributed by atoms with van der Waals surface area (Å²) in [5.74, 6) is 0.691. The molecule has 5 heteroatoms. The fraction of sp³-hybridized carbons (Fsp3) is 0.292. The van der Waals surface area contributed by atoms with Crippen LogP contribution in [-0.2, 0) is 10.2 Å². The Balaban J connectivity index is 1.60. The molecule has 1 fully saturated rings. The molecule has 1 amide bonds. The van der Waals surface area contributed by atoms with E-state index in [4.69, 9.17) is 9.15 Å². The van der Waals surface area contributed by atoms with Crippen LogP contribution in [-0.4, -0.2) is 25.7 Å². The van der Waals surface area contributed by atoms with Gasteiger partial charge in [0.1, 0.15) is 11.6 Å². The molecule has 0 unspecified atom stereocenters. The number of carbonyl (C=O) groups is 1. The maximum atomic E-state index is 13.8. The Morgan fingerprint density at radius 2 is 1.83 bits per heavy atom. The number of furan rings is 1. The predicted molar refractivity (Wildman–Crippen MR) is 109 cm³/mol. The first kappa shape index (κ1) is 18.1. The van der Waals surface area contributed by atoms with Crippen molar-refractivity contribution in [1.29, 1.82) is 0 Å². The van der Waals surface area contributed by atoms with Crippen LogP contribution in [0.4, 0.5) is 10.1 Å². The van der Waals surface area contributed by atoms with Gasteiger partial charge >= 0.3 is 0 Å². The number of hydrogen-bond donors (Lipinski definition) is 0. The van der Waals surface area contributed by atoms with Crippen molar-refractivity contribution in [2.24, 2.45) is 0 Å². The van der Waals surface area contributed by atoms with Crippen LogP contribution in [0.3, 0.4) is 0 Å². The molecule has 0 atom stereocenters. The van der Waals surface area contributed by atoms with Gasteiger partial charge in [-0.05, 0) is 72.9 Å². The second-order valence-electron chi connectivity index (χ2n) is 7.94. The molecule has 2 aliphatic rings. The Morgan fingerprint density at radius 1 is 1.03 bits per heavy atom. The van der Waals surface area contributed by atoms with E-state index in [2.05, 4.69) is 6.07 Å². The lowest BCUT2D eigenvalue weighted by Crippen LogP contribution is -2.40. The zero-order valence-corrected chi connectivity index (χ0v) is 16.3. The average molecular weight is 391 g/mol. The molecule has 1 spiro atoms. The number of aryl methyl sites for hydroxylation is 1. The molecule has 1 saturated heterocycles. The molecule has 2 aliphatic heterocycles. The van der Waals surface area contributed by atoms with Crippen molar-refractivity contribution in [1.82, 2.24) is 0 Å². The number of benzene rings is 2. The molecule has 148 valence electrons. The number of hydrogen-bond acceptors (Lipinski definition) is 3. The van der Waals surface area contributed by atoms with E-state index in [9.17, 15) is 9.18 Å². The fourth-order valence-corrected chi connectivity index (χ4v) is 4.57. The number of rotatable bonds is 2. The van der Waals surface area contributed by atoms with E-state index >= 15 is 0 Å². The van der Waals surface area contributed by atoms with Crippen molar-refractivity contribution in [2.45, 2.75) is 25.2 Å². The number of fused-ring (bicyclic) bond motifs is 2. The summed E-state index contributed by atoms with van der Waals surface area (Å²) in [5.41, 5.74) is 3.69. The largest absolute Gasteiger partial charge is 0.456 e. The van der Waals surface area contributed by atoms with Crippen molar-refractivity contribution in [3.63, 3.8) is 0 Å². The molecule has 3 aromatic rings. The van der Waals surface area contributed by atoms with Gasteiger partial charge in [-0.15, -0.1) is 0 Å². The molecule has 0 bridgehead atoms. The number of carbonyl (C=O) groups excluding carboxylic acids is 1. The van der Waals surface area contributed by atoms with Gasteiger partial charge in [0.05, 0.1) is 0 Å². The Hall–Kier alpha value is -2.92. The third-order valence-electron chi connectivity index (χ3n) is 6.12. The summed E-state index contributed by atoms with van der Waals surface area (Å²) < 4.78 is 25.0. The van der Waals surface area contributed by atoms with E-state index in [0.717, 1.165) is 41.0 Å². The van der Waals surface area contributed by atoms with Crippen molar-refractivity contribution in [3.8, 4) is 11.1 Å². The molecule has 0 aliphatic carbocycles. The van der Waals surface area contributed by atoms with E-state index in [1.54, 1.807) is 18.2 Å². The Kier molecular flexibility index (Phi) is 4.28. The van der Waals surface area contributed by atoms with Crippen molar-refractivity contribution in [3.05, 3.63) is 77.5 Å². The van der Waals surface area contributed by atoms with Crippen LogP contribution < -0.4 is 4.90 Å². The third-order valence-corrected chi connectivity index (χ3v) is 6.12. The minimum absolute atomic E-state index is 0.124. The van der Waals surface area contributed by atoms with E-state index in [1.807, 2.05) is 36.1 Å². The first-order chi connectivity index (χ1) is 14.1. The van der Waals surface area contributed by atoms with Crippen LogP contribution in [0.1, 0.15) is 34.7 Å². The molecule has 4 nitrogen and oxygen atoms in total. The van der Waals surface area contributed by atoms with E-state index in [1.165, 1.54) is 6.07 Å². The highest BCUT2D eigenvalue weighted by Gasteiger charge is 2.46. The molecule has 0 saturated carbocycles. The highest BCUT2D eigenvalue weighted by molar-refractivity contribution is 6.06. The van der Waals surface area contributed by atoms with Gasteiger partial charge < -0.3 is 14.1 Å². The maximum Gasteiger partial charge on any atom is 0.294 e. The Bertz CT molecular complexity index is 1080. The summed E-state index contributed by atoms with van der Waals surface area (Å²) >= 11 is 0. The standard InChI is InChI=1S/C24H22FNO3/c1-16-5-8-22(29-16)23(27)26-15-24(9-11-28-12-10-24)20-14-18(6-7-21(20)26)17-3-2-4-19(25)13-17/h2-8,13-14H,9-12,15H2,1H3. The molecule has 0 N–H and O–H groups in total. The third kappa shape index (κ3) is 3.06. The van der Waals surface area contributed by atoms with Gasteiger partial charge in [0, 0.05) is 30.9 Å². The zero-order valence-electron chi connectivity index (χ0n) is 16.3. The van der Waals surface area contributed by atoms with Crippen LogP contribution in [0.5, 0.6) is 0 Å². The highest BCUT2D eigenvalue weighted by atomic mass is 19.1. The van der Waals surface area contributed by atoms with Crippen LogP contribution in [0.2, 0.25) is 0 Å². The van der Waals surface area contributed by atoms with Gasteiger partial charge in [0.25, 0.3) is 5.91 Å². The summed E-state index contributed by atoms with van der Waals surface area (Å²) in [4.78, 5) is 15.0. The fourth-order valence-electron chi connectivity index (χ4n) is 4.57. The molecule has 5 rings (SSSR count). The van der Waals surface area contributed by atoms with Crippen LogP contribution >= 0.6 is 0 Å². The van der Waals surface area contributed by atoms with Gasteiger partial charge in [-0.1, -0.05) is 18.2 Å². The Labute approximate surface area is 168 Å². The number of ether oxygens (including phenoxy) is 1. The second-order valence-corrected chi connectivity index (χ2v) is 7.94. The SMILES string of the molecule is Cc1ccc(C(=O)N2CC3(CCOCC3)c3cc(-c4cccc(F)c4)ccc32)o1. The molecule has 2 aromatic carbocycles. The monoisotopic (exact) mass is 391 g/mol. The number of nitrogens with zero attached hydrogens (tertiary/aromatic N) is 1. The maximum absolute atomic E-state index is 13.8. The molecule has 3 heterocycles. The lowest BCUT2D eigenvalue weighted by Gasteiger charge is -2.34. The van der Waals surface area contributed by atoms with Gasteiger partial charge in [0.15, 0.2) is 5.76 Å². The number of amides is 1. The van der Waals surface area contributed by atoms with Crippen molar-refractivity contribution < 1.29 is 18.3 Å². The molecular weight excluding hydrogens is 369 g/mol. The quantitative estimate of drug-likeness (QED) is 0.610. The average Bonchev–Trinajstić information content (AvgIpc) is 3.30. The number of anilines is 1. The summed E-state index contributed by atoms with van der Waals surface area (Å²) in [7, 11) is 0. The first-order valence-electron chi connectivity index (χ1n) is 9.92. The summed E-state index contributed by atoms with van der Waals surface area (Å²) in [6.07, 6.45) is 1.71. The topological polar surface area (TPSA) is 42.7 Å². The van der Waals surface area contributed by atoms with Crippen molar-refractivity contribution >= 4 is 11.6 Å². The smallest absolute Gasteiger partial charge is 0.294 e. The van der Waals surface area contributed by atoms with E-state index in [0.29, 0.717) is 25.5 Å².